The third kappa shape index (κ3) is 6.42. The van der Waals surface area contributed by atoms with Gasteiger partial charge < -0.3 is 19.9 Å². The van der Waals surface area contributed by atoms with Crippen LogP contribution in [0.4, 0.5) is 0 Å². The highest BCUT2D eigenvalue weighted by Gasteiger charge is 2.15. The predicted octanol–water partition coefficient (Wildman–Crippen LogP) is 2.04. The van der Waals surface area contributed by atoms with Gasteiger partial charge in [-0.1, -0.05) is 18.2 Å². The van der Waals surface area contributed by atoms with Crippen LogP contribution in [0.15, 0.2) is 47.4 Å². The van der Waals surface area contributed by atoms with Gasteiger partial charge in [0.1, 0.15) is 17.3 Å². The third-order valence-corrected chi connectivity index (χ3v) is 4.81. The van der Waals surface area contributed by atoms with E-state index in [0.29, 0.717) is 37.7 Å². The monoisotopic (exact) mass is 394 g/mol. The van der Waals surface area contributed by atoms with Crippen LogP contribution in [0.1, 0.15) is 19.4 Å². The van der Waals surface area contributed by atoms with Gasteiger partial charge in [-0.3, -0.25) is 0 Å². The molecule has 0 spiro atoms. The molecule has 0 aliphatic rings. The largest absolute Gasteiger partial charge is 0.507 e. The molecule has 0 heterocycles. The molecule has 148 valence electrons. The number of hydrogen-bond acceptors (Lipinski definition) is 6. The quantitative estimate of drug-likeness (QED) is 0.532. The number of phenolic OH excluding ortho intramolecular Hbond substituents is 1. The Balaban J connectivity index is 1.84. The van der Waals surface area contributed by atoms with E-state index in [0.717, 1.165) is 5.56 Å². The molecule has 1 unspecified atom stereocenters. The number of hydrogen-bond donors (Lipinski definition) is 3. The first kappa shape index (κ1) is 21.0. The van der Waals surface area contributed by atoms with Crippen LogP contribution in [-0.2, 0) is 16.4 Å². The van der Waals surface area contributed by atoms with Gasteiger partial charge in [0.05, 0.1) is 6.61 Å². The normalized spacial score (nSPS) is 12.6. The topological polar surface area (TPSA) is 111 Å². The number of benzene rings is 2. The van der Waals surface area contributed by atoms with E-state index < -0.39 is 10.0 Å². The lowest BCUT2D eigenvalue weighted by atomic mass is 10.1. The Morgan fingerprint density at radius 3 is 2.44 bits per heavy atom. The highest BCUT2D eigenvalue weighted by molar-refractivity contribution is 7.89. The molecule has 7 nitrogen and oxygen atoms in total. The molecule has 2 aromatic rings. The molecule has 1 atom stereocenters. The van der Waals surface area contributed by atoms with Crippen molar-refractivity contribution < 1.29 is 23.0 Å². The van der Waals surface area contributed by atoms with Crippen molar-refractivity contribution >= 4 is 10.0 Å². The molecule has 2 aromatic carbocycles. The summed E-state index contributed by atoms with van der Waals surface area (Å²) in [5.74, 6) is 1.07. The number of primary sulfonamides is 1. The van der Waals surface area contributed by atoms with Gasteiger partial charge >= 0.3 is 0 Å². The third-order valence-electron chi connectivity index (χ3n) is 3.87. The van der Waals surface area contributed by atoms with Crippen LogP contribution < -0.4 is 19.9 Å². The number of ether oxygens (including phenoxy) is 2. The van der Waals surface area contributed by atoms with Crippen molar-refractivity contribution in [3.8, 4) is 17.2 Å². The summed E-state index contributed by atoms with van der Waals surface area (Å²) in [6, 6.07) is 12.0. The van der Waals surface area contributed by atoms with E-state index in [4.69, 9.17) is 14.6 Å². The zero-order chi connectivity index (χ0) is 19.9. The molecule has 0 fully saturated rings. The van der Waals surface area contributed by atoms with Gasteiger partial charge in [-0.25, -0.2) is 13.6 Å². The predicted molar refractivity (Wildman–Crippen MR) is 104 cm³/mol. The van der Waals surface area contributed by atoms with Gasteiger partial charge in [0.25, 0.3) is 0 Å². The smallest absolute Gasteiger partial charge is 0.241 e. The summed E-state index contributed by atoms with van der Waals surface area (Å²) in [6.07, 6.45) is 0.582. The number of sulfonamides is 1. The minimum Gasteiger partial charge on any atom is -0.507 e. The van der Waals surface area contributed by atoms with Gasteiger partial charge in [-0.2, -0.15) is 0 Å². The number of aromatic hydroxyl groups is 1. The number of nitrogens with two attached hydrogens (primary N) is 1. The Labute approximate surface area is 160 Å². The van der Waals surface area contributed by atoms with E-state index in [2.05, 4.69) is 5.32 Å². The van der Waals surface area contributed by atoms with Crippen LogP contribution >= 0.6 is 0 Å². The summed E-state index contributed by atoms with van der Waals surface area (Å²) in [4.78, 5) is -0.261. The summed E-state index contributed by atoms with van der Waals surface area (Å²) >= 11 is 0. The highest BCUT2D eigenvalue weighted by atomic mass is 32.2. The first-order chi connectivity index (χ1) is 12.8. The fourth-order valence-electron chi connectivity index (χ4n) is 2.65. The van der Waals surface area contributed by atoms with Gasteiger partial charge in [0, 0.05) is 12.6 Å². The van der Waals surface area contributed by atoms with Crippen molar-refractivity contribution in [3.63, 3.8) is 0 Å². The molecule has 0 saturated carbocycles. The first-order valence-electron chi connectivity index (χ1n) is 8.74. The van der Waals surface area contributed by atoms with Crippen LogP contribution in [0.3, 0.4) is 0 Å². The Bertz CT molecular complexity index is 855. The highest BCUT2D eigenvalue weighted by Crippen LogP contribution is 2.26. The molecule has 27 heavy (non-hydrogen) atoms. The number of rotatable bonds is 10. The van der Waals surface area contributed by atoms with E-state index in [1.807, 2.05) is 38.1 Å². The Morgan fingerprint density at radius 2 is 1.81 bits per heavy atom. The van der Waals surface area contributed by atoms with Crippen LogP contribution in [0.5, 0.6) is 17.2 Å². The van der Waals surface area contributed by atoms with E-state index in [1.165, 1.54) is 12.1 Å². The lowest BCUT2D eigenvalue weighted by Gasteiger charge is -2.16. The van der Waals surface area contributed by atoms with Gasteiger partial charge in [-0.05, 0) is 50.1 Å². The van der Waals surface area contributed by atoms with E-state index in [1.54, 1.807) is 6.07 Å². The van der Waals surface area contributed by atoms with Crippen molar-refractivity contribution in [1.82, 2.24) is 5.32 Å². The summed E-state index contributed by atoms with van der Waals surface area (Å²) in [5.41, 5.74) is 0.763. The van der Waals surface area contributed by atoms with Crippen LogP contribution in [-0.4, -0.2) is 39.3 Å². The van der Waals surface area contributed by atoms with Crippen LogP contribution in [0.25, 0.3) is 0 Å². The standard InChI is InChI=1S/C19H26N2O5S/c1-3-25-17-6-4-5-7-18(17)26-11-10-21-14(2)12-15-8-9-16(22)19(13-15)27(20,23)24/h4-9,13-14,21-22H,3,10-12H2,1-2H3,(H2,20,23,24). The summed E-state index contributed by atoms with van der Waals surface area (Å²) in [6.45, 7) is 5.55. The Kier molecular flexibility index (Phi) is 7.46. The van der Waals surface area contributed by atoms with E-state index >= 15 is 0 Å². The number of phenols is 1. The zero-order valence-corrected chi connectivity index (χ0v) is 16.3. The van der Waals surface area contributed by atoms with Crippen molar-refractivity contribution in [1.29, 1.82) is 0 Å². The summed E-state index contributed by atoms with van der Waals surface area (Å²) in [7, 11) is -3.95. The minimum atomic E-state index is -3.95. The molecular formula is C19H26N2O5S. The average Bonchev–Trinajstić information content (AvgIpc) is 2.61. The molecule has 8 heteroatoms. The maximum absolute atomic E-state index is 11.5. The SMILES string of the molecule is CCOc1ccccc1OCCNC(C)Cc1ccc(O)c(S(N)(=O)=O)c1. The molecule has 4 N–H and O–H groups in total. The zero-order valence-electron chi connectivity index (χ0n) is 15.5. The van der Waals surface area contributed by atoms with E-state index in [-0.39, 0.29) is 16.7 Å². The lowest BCUT2D eigenvalue weighted by Crippen LogP contribution is -2.32. The molecule has 0 aliphatic carbocycles. The number of para-hydroxylation sites is 2. The van der Waals surface area contributed by atoms with Crippen LogP contribution in [0.2, 0.25) is 0 Å². The van der Waals surface area contributed by atoms with Gasteiger partial charge in [0.2, 0.25) is 10.0 Å². The fraction of sp³-hybridized carbons (Fsp3) is 0.368. The Morgan fingerprint density at radius 1 is 1.15 bits per heavy atom. The van der Waals surface area contributed by atoms with Crippen LogP contribution in [0, 0.1) is 0 Å². The lowest BCUT2D eigenvalue weighted by molar-refractivity contribution is 0.272. The van der Waals surface area contributed by atoms with Gasteiger partial charge in [-0.15, -0.1) is 0 Å². The second-order valence-corrected chi connectivity index (χ2v) is 7.66. The van der Waals surface area contributed by atoms with Gasteiger partial charge in [0.15, 0.2) is 11.5 Å². The second kappa shape index (κ2) is 9.59. The van der Waals surface area contributed by atoms with Crippen molar-refractivity contribution in [2.75, 3.05) is 19.8 Å². The molecule has 0 radical (unpaired) electrons. The second-order valence-electron chi connectivity index (χ2n) is 6.13. The fourth-order valence-corrected chi connectivity index (χ4v) is 3.32. The average molecular weight is 394 g/mol. The first-order valence-corrected chi connectivity index (χ1v) is 10.3. The van der Waals surface area contributed by atoms with E-state index in [9.17, 15) is 13.5 Å². The van der Waals surface area contributed by atoms with Crippen molar-refractivity contribution in [2.24, 2.45) is 5.14 Å². The minimum absolute atomic E-state index is 0.0774. The van der Waals surface area contributed by atoms with Crippen molar-refractivity contribution in [3.05, 3.63) is 48.0 Å². The molecule has 0 saturated heterocycles. The summed E-state index contributed by atoms with van der Waals surface area (Å²) in [5, 5.41) is 18.1. The molecule has 0 aromatic heterocycles. The van der Waals surface area contributed by atoms with Crippen molar-refractivity contribution in [2.45, 2.75) is 31.2 Å². The maximum atomic E-state index is 11.5. The maximum Gasteiger partial charge on any atom is 0.241 e. The Hall–Kier alpha value is -2.29. The molecule has 2 rings (SSSR count). The molecular weight excluding hydrogens is 368 g/mol. The number of nitrogens with one attached hydrogen (secondary N) is 1. The summed E-state index contributed by atoms with van der Waals surface area (Å²) < 4.78 is 34.2. The molecule has 0 aliphatic heterocycles. The molecule has 0 amide bonds. The molecule has 0 bridgehead atoms.